The molecule has 0 aliphatic carbocycles. The van der Waals surface area contributed by atoms with E-state index in [4.69, 9.17) is 0 Å². The first-order valence-electron chi connectivity index (χ1n) is 10.2. The molecule has 3 aromatic carbocycles. The molecule has 0 saturated heterocycles. The molecule has 29 heavy (non-hydrogen) atoms. The highest BCUT2D eigenvalue weighted by Crippen LogP contribution is 2.55. The van der Waals surface area contributed by atoms with Crippen LogP contribution in [0.3, 0.4) is 0 Å². The van der Waals surface area contributed by atoms with Gasteiger partial charge in [0.1, 0.15) is 23.2 Å². The van der Waals surface area contributed by atoms with Crippen LogP contribution in [-0.4, -0.2) is 6.16 Å². The molecule has 0 amide bonds. The molecule has 0 radical (unpaired) electrons. The Hall–Kier alpha value is -2.69. The van der Waals surface area contributed by atoms with Crippen LogP contribution in [0.2, 0.25) is 0 Å². The van der Waals surface area contributed by atoms with Crippen molar-refractivity contribution in [2.24, 2.45) is 0 Å². The minimum Gasteiger partial charge on any atom is -0.0764 e. The molecule has 0 aliphatic rings. The van der Waals surface area contributed by atoms with E-state index in [9.17, 15) is 0 Å². The Morgan fingerprint density at radius 2 is 1.07 bits per heavy atom. The molecule has 0 saturated carbocycles. The minimum atomic E-state index is -1.78. The van der Waals surface area contributed by atoms with Crippen LogP contribution < -0.4 is 15.9 Å². The maximum atomic E-state index is 2.41. The van der Waals surface area contributed by atoms with E-state index in [1.165, 1.54) is 27.1 Å². The molecule has 0 heterocycles. The van der Waals surface area contributed by atoms with E-state index in [2.05, 4.69) is 136 Å². The van der Waals surface area contributed by atoms with Crippen molar-refractivity contribution in [2.45, 2.75) is 20.8 Å². The molecule has 0 unspecified atom stereocenters. The first-order valence-corrected chi connectivity index (χ1v) is 12.1. The lowest BCUT2D eigenvalue weighted by Gasteiger charge is -2.26. The standard InChI is InChI=1S/C28H30P/c1-24(2)14-13-15-25(3)22-23-29(26-16-7-4-8-17-26,27-18-9-5-10-19-27)28-20-11-6-12-21-28/h4-22H,23H2,1-3H3/q+1/b15-13+,25-22+. The summed E-state index contributed by atoms with van der Waals surface area (Å²) in [7, 11) is -1.78. The van der Waals surface area contributed by atoms with Crippen LogP contribution in [0.1, 0.15) is 20.8 Å². The molecule has 0 fully saturated rings. The van der Waals surface area contributed by atoms with E-state index in [-0.39, 0.29) is 0 Å². The van der Waals surface area contributed by atoms with Crippen molar-refractivity contribution < 1.29 is 0 Å². The van der Waals surface area contributed by atoms with Gasteiger partial charge in [-0.05, 0) is 63.2 Å². The van der Waals surface area contributed by atoms with Crippen molar-refractivity contribution in [3.05, 3.63) is 126 Å². The van der Waals surface area contributed by atoms with Crippen molar-refractivity contribution in [2.75, 3.05) is 6.16 Å². The molecule has 3 aromatic rings. The van der Waals surface area contributed by atoms with Gasteiger partial charge in [0.2, 0.25) is 0 Å². The summed E-state index contributed by atoms with van der Waals surface area (Å²) in [6.07, 6.45) is 9.94. The van der Waals surface area contributed by atoms with Gasteiger partial charge in [-0.2, -0.15) is 0 Å². The summed E-state index contributed by atoms with van der Waals surface area (Å²) >= 11 is 0. The van der Waals surface area contributed by atoms with Gasteiger partial charge in [-0.25, -0.2) is 0 Å². The molecular formula is C28H30P+. The SMILES string of the molecule is CC(C)=C/C=C/C(C)=C/C[P+](c1ccccc1)(c1ccccc1)c1ccccc1. The molecule has 0 aromatic heterocycles. The fourth-order valence-corrected chi connectivity index (χ4v) is 7.68. The van der Waals surface area contributed by atoms with Gasteiger partial charge in [-0.15, -0.1) is 0 Å². The zero-order valence-corrected chi connectivity index (χ0v) is 18.5. The summed E-state index contributed by atoms with van der Waals surface area (Å²) in [4.78, 5) is 0. The van der Waals surface area contributed by atoms with Gasteiger partial charge >= 0.3 is 0 Å². The first-order chi connectivity index (χ1) is 14.1. The molecule has 1 heteroatoms. The quantitative estimate of drug-likeness (QED) is 0.317. The second-order valence-electron chi connectivity index (χ2n) is 7.55. The third-order valence-corrected chi connectivity index (χ3v) is 9.34. The Balaban J connectivity index is 2.15. The van der Waals surface area contributed by atoms with Crippen LogP contribution in [0.15, 0.2) is 126 Å². The lowest BCUT2D eigenvalue weighted by Crippen LogP contribution is -2.33. The Morgan fingerprint density at radius 3 is 1.45 bits per heavy atom. The fraction of sp³-hybridized carbons (Fsp3) is 0.143. The Bertz CT molecular complexity index is 880. The van der Waals surface area contributed by atoms with E-state index < -0.39 is 7.26 Å². The molecule has 0 nitrogen and oxygen atoms in total. The fourth-order valence-electron chi connectivity index (χ4n) is 3.55. The van der Waals surface area contributed by atoms with Gasteiger partial charge in [-0.3, -0.25) is 0 Å². The smallest absolute Gasteiger partial charge is 0.0764 e. The zero-order chi connectivity index (χ0) is 20.5. The topological polar surface area (TPSA) is 0 Å². The van der Waals surface area contributed by atoms with Crippen LogP contribution in [0.5, 0.6) is 0 Å². The van der Waals surface area contributed by atoms with Gasteiger partial charge in [0.15, 0.2) is 0 Å². The maximum Gasteiger partial charge on any atom is 0.115 e. The number of hydrogen-bond donors (Lipinski definition) is 0. The predicted octanol–water partition coefficient (Wildman–Crippen LogP) is 6.45. The second-order valence-corrected chi connectivity index (χ2v) is 11.1. The summed E-state index contributed by atoms with van der Waals surface area (Å²) in [6.45, 7) is 6.45. The van der Waals surface area contributed by atoms with E-state index in [0.717, 1.165) is 6.16 Å². The Labute approximate surface area is 176 Å². The summed E-state index contributed by atoms with van der Waals surface area (Å²) in [5.41, 5.74) is 2.61. The highest BCUT2D eigenvalue weighted by molar-refractivity contribution is 7.95. The molecule has 0 bridgehead atoms. The molecule has 0 spiro atoms. The van der Waals surface area contributed by atoms with Crippen LogP contribution in [-0.2, 0) is 0 Å². The van der Waals surface area contributed by atoms with E-state index in [1.807, 2.05) is 0 Å². The number of rotatable bonds is 7. The Kier molecular flexibility index (Phi) is 7.39. The first kappa shape index (κ1) is 21.0. The van der Waals surface area contributed by atoms with Crippen LogP contribution in [0.4, 0.5) is 0 Å². The number of benzene rings is 3. The monoisotopic (exact) mass is 397 g/mol. The van der Waals surface area contributed by atoms with Crippen molar-refractivity contribution in [3.8, 4) is 0 Å². The van der Waals surface area contributed by atoms with Crippen molar-refractivity contribution in [1.29, 1.82) is 0 Å². The lowest BCUT2D eigenvalue weighted by molar-refractivity contribution is 1.39. The van der Waals surface area contributed by atoms with E-state index >= 15 is 0 Å². The number of hydrogen-bond acceptors (Lipinski definition) is 0. The van der Waals surface area contributed by atoms with Gasteiger partial charge in [0.25, 0.3) is 0 Å². The predicted molar refractivity (Wildman–Crippen MR) is 132 cm³/mol. The zero-order valence-electron chi connectivity index (χ0n) is 17.6. The molecule has 0 N–H and O–H groups in total. The summed E-state index contributed by atoms with van der Waals surface area (Å²) < 4.78 is 0. The number of allylic oxidation sites excluding steroid dienone is 6. The van der Waals surface area contributed by atoms with Gasteiger partial charge < -0.3 is 0 Å². The summed E-state index contributed by atoms with van der Waals surface area (Å²) in [6, 6.07) is 33.1. The van der Waals surface area contributed by atoms with Crippen LogP contribution in [0, 0.1) is 0 Å². The summed E-state index contributed by atoms with van der Waals surface area (Å²) in [5.74, 6) is 0. The molecule has 3 rings (SSSR count). The normalized spacial score (nSPS) is 12.2. The maximum absolute atomic E-state index is 2.41. The third kappa shape index (κ3) is 5.22. The molecule has 0 aliphatic heterocycles. The summed E-state index contributed by atoms with van der Waals surface area (Å²) in [5, 5.41) is 4.28. The van der Waals surface area contributed by atoms with E-state index in [1.54, 1.807) is 0 Å². The average molecular weight is 398 g/mol. The van der Waals surface area contributed by atoms with Crippen molar-refractivity contribution >= 4 is 23.2 Å². The van der Waals surface area contributed by atoms with Crippen molar-refractivity contribution in [1.82, 2.24) is 0 Å². The van der Waals surface area contributed by atoms with Gasteiger partial charge in [0.05, 0.1) is 6.16 Å². The second kappa shape index (κ2) is 10.2. The third-order valence-electron chi connectivity index (χ3n) is 5.07. The van der Waals surface area contributed by atoms with Crippen LogP contribution in [0.25, 0.3) is 0 Å². The van der Waals surface area contributed by atoms with E-state index in [0.29, 0.717) is 0 Å². The van der Waals surface area contributed by atoms with Crippen molar-refractivity contribution in [3.63, 3.8) is 0 Å². The molecular weight excluding hydrogens is 367 g/mol. The highest BCUT2D eigenvalue weighted by atomic mass is 31.2. The van der Waals surface area contributed by atoms with Gasteiger partial charge in [-0.1, -0.05) is 84.0 Å². The highest BCUT2D eigenvalue weighted by Gasteiger charge is 2.44. The lowest BCUT2D eigenvalue weighted by atomic mass is 10.2. The van der Waals surface area contributed by atoms with Gasteiger partial charge in [0, 0.05) is 0 Å². The molecule has 146 valence electrons. The largest absolute Gasteiger partial charge is 0.115 e. The average Bonchev–Trinajstić information content (AvgIpc) is 2.76. The minimum absolute atomic E-state index is 1.01. The van der Waals surface area contributed by atoms with Crippen LogP contribution >= 0.6 is 7.26 Å². The Morgan fingerprint density at radius 1 is 0.655 bits per heavy atom. The molecule has 0 atom stereocenters.